The number of imide groups is 1. The Bertz CT molecular complexity index is 247. The summed E-state index contributed by atoms with van der Waals surface area (Å²) in [5.74, 6) is -0.615. The molecule has 1 heterocycles. The fourth-order valence-electron chi connectivity index (χ4n) is 1.05. The van der Waals surface area contributed by atoms with Gasteiger partial charge in [-0.15, -0.1) is 0 Å². The van der Waals surface area contributed by atoms with E-state index in [4.69, 9.17) is 5.11 Å². The third-order valence-corrected chi connectivity index (χ3v) is 1.83. The molecule has 1 aliphatic heterocycles. The zero-order valence-corrected chi connectivity index (χ0v) is 7.19. The van der Waals surface area contributed by atoms with Gasteiger partial charge >= 0.3 is 6.09 Å². The summed E-state index contributed by atoms with van der Waals surface area (Å²) < 4.78 is 0. The third-order valence-electron chi connectivity index (χ3n) is 1.83. The molecular weight excluding hydrogens is 176 g/mol. The van der Waals surface area contributed by atoms with E-state index in [-0.39, 0.29) is 31.3 Å². The van der Waals surface area contributed by atoms with Crippen LogP contribution in [0.15, 0.2) is 0 Å². The molecule has 0 radical (unpaired) electrons. The van der Waals surface area contributed by atoms with Crippen molar-refractivity contribution in [3.05, 3.63) is 0 Å². The number of hydrogen-bond acceptors (Lipinski definition) is 3. The van der Waals surface area contributed by atoms with Crippen LogP contribution in [0.5, 0.6) is 0 Å². The zero-order chi connectivity index (χ0) is 10.0. The Balaban J connectivity index is 2.57. The second kappa shape index (κ2) is 3.42. The Morgan fingerprint density at radius 1 is 1.46 bits per heavy atom. The van der Waals surface area contributed by atoms with E-state index in [9.17, 15) is 14.4 Å². The second-order valence-electron chi connectivity index (χ2n) is 2.84. The van der Waals surface area contributed by atoms with Crippen molar-refractivity contribution in [1.29, 1.82) is 0 Å². The molecule has 0 aromatic heterocycles. The molecule has 1 N–H and O–H groups in total. The zero-order valence-electron chi connectivity index (χ0n) is 7.19. The topological polar surface area (TPSA) is 77.9 Å². The number of carboxylic acid groups (broad SMARTS) is 1. The van der Waals surface area contributed by atoms with Gasteiger partial charge in [0, 0.05) is 19.9 Å². The standard InChI is InChI=1S/C7H10N2O4/c1-8(7(12)13)4-9-5(10)2-3-6(9)11/h2-4H2,1H3,(H,12,13). The highest BCUT2D eigenvalue weighted by atomic mass is 16.4. The van der Waals surface area contributed by atoms with Crippen molar-refractivity contribution >= 4 is 17.9 Å². The van der Waals surface area contributed by atoms with E-state index >= 15 is 0 Å². The Morgan fingerprint density at radius 3 is 2.31 bits per heavy atom. The first-order valence-electron chi connectivity index (χ1n) is 3.79. The minimum Gasteiger partial charge on any atom is -0.465 e. The molecule has 0 saturated carbocycles. The third kappa shape index (κ3) is 1.95. The minimum atomic E-state index is -1.16. The van der Waals surface area contributed by atoms with Crippen molar-refractivity contribution in [2.24, 2.45) is 0 Å². The number of amides is 3. The average Bonchev–Trinajstić information content (AvgIpc) is 2.35. The molecule has 0 aliphatic carbocycles. The summed E-state index contributed by atoms with van der Waals surface area (Å²) in [5, 5.41) is 8.49. The normalized spacial score (nSPS) is 16.5. The van der Waals surface area contributed by atoms with E-state index in [2.05, 4.69) is 0 Å². The van der Waals surface area contributed by atoms with Gasteiger partial charge in [-0.25, -0.2) is 4.79 Å². The lowest BCUT2D eigenvalue weighted by atomic mass is 10.4. The maximum Gasteiger partial charge on any atom is 0.408 e. The molecule has 13 heavy (non-hydrogen) atoms. The first-order chi connectivity index (χ1) is 6.02. The van der Waals surface area contributed by atoms with Crippen molar-refractivity contribution in [1.82, 2.24) is 9.80 Å². The highest BCUT2D eigenvalue weighted by Crippen LogP contribution is 2.11. The molecule has 1 aliphatic rings. The van der Waals surface area contributed by atoms with Crippen LogP contribution in [0.3, 0.4) is 0 Å². The van der Waals surface area contributed by atoms with Crippen LogP contribution in [0, 0.1) is 0 Å². The number of nitrogens with zero attached hydrogens (tertiary/aromatic N) is 2. The largest absolute Gasteiger partial charge is 0.465 e. The molecular formula is C7H10N2O4. The molecule has 0 unspecified atom stereocenters. The maximum atomic E-state index is 11.0. The van der Waals surface area contributed by atoms with E-state index in [1.165, 1.54) is 7.05 Å². The summed E-state index contributed by atoms with van der Waals surface area (Å²) in [5.41, 5.74) is 0. The molecule has 0 aromatic carbocycles. The smallest absolute Gasteiger partial charge is 0.408 e. The van der Waals surface area contributed by atoms with Crippen molar-refractivity contribution in [2.75, 3.05) is 13.7 Å². The van der Waals surface area contributed by atoms with Crippen LogP contribution in [0.25, 0.3) is 0 Å². The van der Waals surface area contributed by atoms with Gasteiger partial charge in [-0.3, -0.25) is 19.4 Å². The second-order valence-corrected chi connectivity index (χ2v) is 2.84. The van der Waals surface area contributed by atoms with Crippen molar-refractivity contribution in [3.63, 3.8) is 0 Å². The summed E-state index contributed by atoms with van der Waals surface area (Å²) in [6.07, 6.45) is -0.786. The average molecular weight is 186 g/mol. The highest BCUT2D eigenvalue weighted by molar-refractivity contribution is 6.02. The Labute approximate surface area is 74.7 Å². The van der Waals surface area contributed by atoms with Crippen LogP contribution in [0.2, 0.25) is 0 Å². The Hall–Kier alpha value is -1.59. The number of likely N-dealkylation sites (tertiary alicyclic amines) is 1. The summed E-state index contributed by atoms with van der Waals surface area (Å²) in [4.78, 5) is 34.3. The first-order valence-corrected chi connectivity index (χ1v) is 3.79. The Kier molecular flexibility index (Phi) is 2.50. The van der Waals surface area contributed by atoms with Gasteiger partial charge in [0.05, 0.1) is 0 Å². The van der Waals surface area contributed by atoms with Crippen LogP contribution < -0.4 is 0 Å². The molecule has 0 spiro atoms. The molecule has 1 saturated heterocycles. The summed E-state index contributed by atoms with van der Waals surface area (Å²) in [7, 11) is 1.31. The van der Waals surface area contributed by atoms with Gasteiger partial charge in [-0.2, -0.15) is 0 Å². The lowest BCUT2D eigenvalue weighted by molar-refractivity contribution is -0.140. The van der Waals surface area contributed by atoms with E-state index in [1.54, 1.807) is 0 Å². The quantitative estimate of drug-likeness (QED) is 0.601. The predicted octanol–water partition coefficient (Wildman–Crippen LogP) is -0.297. The van der Waals surface area contributed by atoms with Crippen LogP contribution in [0.4, 0.5) is 4.79 Å². The lowest BCUT2D eigenvalue weighted by Crippen LogP contribution is -2.41. The fourth-order valence-corrected chi connectivity index (χ4v) is 1.05. The van der Waals surface area contributed by atoms with Crippen molar-refractivity contribution in [2.45, 2.75) is 12.8 Å². The van der Waals surface area contributed by atoms with Gasteiger partial charge in [-0.1, -0.05) is 0 Å². The van der Waals surface area contributed by atoms with Gasteiger partial charge in [-0.05, 0) is 0 Å². The van der Waals surface area contributed by atoms with Gasteiger partial charge in [0.25, 0.3) is 0 Å². The molecule has 0 aromatic rings. The van der Waals surface area contributed by atoms with E-state index < -0.39 is 6.09 Å². The molecule has 3 amide bonds. The number of carbonyl (C=O) groups is 3. The molecule has 1 fully saturated rings. The van der Waals surface area contributed by atoms with Crippen molar-refractivity contribution < 1.29 is 19.5 Å². The maximum absolute atomic E-state index is 11.0. The van der Waals surface area contributed by atoms with Gasteiger partial charge in [0.2, 0.25) is 11.8 Å². The molecule has 72 valence electrons. The van der Waals surface area contributed by atoms with Crippen molar-refractivity contribution in [3.8, 4) is 0 Å². The predicted molar refractivity (Wildman–Crippen MR) is 41.7 cm³/mol. The number of hydrogen-bond donors (Lipinski definition) is 1. The monoisotopic (exact) mass is 186 g/mol. The van der Waals surface area contributed by atoms with Crippen LogP contribution in [-0.4, -0.2) is 46.5 Å². The molecule has 1 rings (SSSR count). The fraction of sp³-hybridized carbons (Fsp3) is 0.571. The van der Waals surface area contributed by atoms with Crippen LogP contribution >= 0.6 is 0 Å². The van der Waals surface area contributed by atoms with Gasteiger partial charge < -0.3 is 5.11 Å². The Morgan fingerprint density at radius 2 is 1.92 bits per heavy atom. The number of rotatable bonds is 2. The van der Waals surface area contributed by atoms with E-state index in [0.717, 1.165) is 9.80 Å². The lowest BCUT2D eigenvalue weighted by Gasteiger charge is -2.19. The van der Waals surface area contributed by atoms with Gasteiger partial charge in [0.15, 0.2) is 0 Å². The molecule has 6 nitrogen and oxygen atoms in total. The van der Waals surface area contributed by atoms with Gasteiger partial charge in [0.1, 0.15) is 6.67 Å². The first kappa shape index (κ1) is 9.50. The summed E-state index contributed by atoms with van der Waals surface area (Å²) >= 11 is 0. The SMILES string of the molecule is CN(CN1C(=O)CCC1=O)C(=O)O. The van der Waals surface area contributed by atoms with E-state index in [0.29, 0.717) is 0 Å². The number of carbonyl (C=O) groups excluding carboxylic acids is 2. The molecule has 0 atom stereocenters. The summed E-state index contributed by atoms with van der Waals surface area (Å²) in [6.45, 7) is -0.174. The molecule has 6 heteroatoms. The van der Waals surface area contributed by atoms with Crippen LogP contribution in [0.1, 0.15) is 12.8 Å². The minimum absolute atomic E-state index is 0.174. The van der Waals surface area contributed by atoms with Crippen LogP contribution in [-0.2, 0) is 9.59 Å². The summed E-state index contributed by atoms with van der Waals surface area (Å²) in [6, 6.07) is 0. The van der Waals surface area contributed by atoms with E-state index in [1.807, 2.05) is 0 Å². The highest BCUT2D eigenvalue weighted by Gasteiger charge is 2.30. The molecule has 0 bridgehead atoms.